The molecule has 2 unspecified atom stereocenters. The summed E-state index contributed by atoms with van der Waals surface area (Å²) in [6.07, 6.45) is 1.55. The van der Waals surface area contributed by atoms with Gasteiger partial charge < -0.3 is 14.4 Å². The number of carbonyl (C=O) groups excluding carboxylic acids is 1. The fraction of sp³-hybridized carbons (Fsp3) is 0.222. The van der Waals surface area contributed by atoms with Gasteiger partial charge in [-0.25, -0.2) is 0 Å². The minimum atomic E-state index is -2.21. The van der Waals surface area contributed by atoms with Crippen molar-refractivity contribution in [3.63, 3.8) is 0 Å². The molecule has 0 spiro atoms. The maximum Gasteiger partial charge on any atom is 0.258 e. The molecule has 0 radical (unpaired) electrons. The van der Waals surface area contributed by atoms with Crippen LogP contribution in [0.3, 0.4) is 0 Å². The molecule has 1 aliphatic carbocycles. The highest BCUT2D eigenvalue weighted by Gasteiger charge is 2.52. The Balaban J connectivity index is 1.31. The summed E-state index contributed by atoms with van der Waals surface area (Å²) >= 11 is 23.3. The van der Waals surface area contributed by atoms with Gasteiger partial charge in [-0.1, -0.05) is 75.8 Å². The maximum absolute atomic E-state index is 12.7. The average molecular weight is 624 g/mol. The lowest BCUT2D eigenvalue weighted by molar-refractivity contribution is -0.115. The van der Waals surface area contributed by atoms with Gasteiger partial charge in [0.05, 0.1) is 21.9 Å². The van der Waals surface area contributed by atoms with E-state index in [4.69, 9.17) is 50.9 Å². The van der Waals surface area contributed by atoms with Gasteiger partial charge in [-0.05, 0) is 72.3 Å². The van der Waals surface area contributed by atoms with Crippen LogP contribution in [0.5, 0.6) is 0 Å². The third-order valence-corrected chi connectivity index (χ3v) is 8.86. The van der Waals surface area contributed by atoms with Crippen LogP contribution >= 0.6 is 46.4 Å². The zero-order valence-electron chi connectivity index (χ0n) is 20.3. The van der Waals surface area contributed by atoms with E-state index in [1.165, 1.54) is 0 Å². The van der Waals surface area contributed by atoms with Gasteiger partial charge in [-0.3, -0.25) is 9.00 Å². The van der Waals surface area contributed by atoms with Gasteiger partial charge in [0.2, 0.25) is 5.91 Å². The molecule has 1 aliphatic rings. The number of aromatic nitrogens is 2. The molecule has 1 heterocycles. The quantitative estimate of drug-likeness (QED) is 0.203. The van der Waals surface area contributed by atoms with Crippen LogP contribution in [-0.4, -0.2) is 24.8 Å². The van der Waals surface area contributed by atoms with E-state index < -0.39 is 21.7 Å². The van der Waals surface area contributed by atoms with Crippen LogP contribution in [-0.2, 0) is 27.7 Å². The third-order valence-electron chi connectivity index (χ3n) is 6.68. The topological polar surface area (TPSA) is 108 Å². The SMILES string of the molecule is CC(c1ccc(CC(=O)Nc2cc(Cl)c(C3(c4noc(-c5ccc(Cl)c(Cl)c5)n4)CC3)c(Cl)c2)cc1)S(=O)[O-]. The molecular formula is C27H20Cl4N3O4S-. The smallest absolute Gasteiger partial charge is 0.258 e. The second-order valence-corrected chi connectivity index (χ2v) is 12.2. The fourth-order valence-electron chi connectivity index (χ4n) is 4.39. The van der Waals surface area contributed by atoms with E-state index in [-0.39, 0.29) is 12.3 Å². The number of amides is 1. The highest BCUT2D eigenvalue weighted by molar-refractivity contribution is 7.79. The van der Waals surface area contributed by atoms with Crippen LogP contribution in [0.2, 0.25) is 20.1 Å². The average Bonchev–Trinajstić information content (AvgIpc) is 3.51. The monoisotopic (exact) mass is 622 g/mol. The van der Waals surface area contributed by atoms with Gasteiger partial charge in [0.25, 0.3) is 5.89 Å². The first-order chi connectivity index (χ1) is 18.6. The van der Waals surface area contributed by atoms with Gasteiger partial charge in [-0.15, -0.1) is 0 Å². The number of nitrogens with one attached hydrogen (secondary N) is 1. The van der Waals surface area contributed by atoms with E-state index >= 15 is 0 Å². The molecule has 1 N–H and O–H groups in total. The summed E-state index contributed by atoms with van der Waals surface area (Å²) in [4.78, 5) is 17.3. The number of benzene rings is 3. The molecule has 1 fully saturated rings. The summed E-state index contributed by atoms with van der Waals surface area (Å²) < 4.78 is 27.8. The summed E-state index contributed by atoms with van der Waals surface area (Å²) in [7, 11) is 0. The summed E-state index contributed by atoms with van der Waals surface area (Å²) in [5.74, 6) is 0.492. The molecule has 0 saturated heterocycles. The van der Waals surface area contributed by atoms with Crippen molar-refractivity contribution in [2.75, 3.05) is 5.32 Å². The van der Waals surface area contributed by atoms with Crippen LogP contribution in [0.4, 0.5) is 5.69 Å². The molecule has 4 aromatic rings. The Hall–Kier alpha value is -2.46. The molecule has 3 aromatic carbocycles. The zero-order chi connectivity index (χ0) is 27.9. The normalized spacial score (nSPS) is 15.5. The lowest BCUT2D eigenvalue weighted by Gasteiger charge is -2.17. The molecule has 1 aromatic heterocycles. The molecule has 12 heteroatoms. The molecule has 39 heavy (non-hydrogen) atoms. The van der Waals surface area contributed by atoms with Crippen molar-refractivity contribution >= 4 is 69.1 Å². The second-order valence-electron chi connectivity index (χ2n) is 9.32. The maximum atomic E-state index is 12.7. The van der Waals surface area contributed by atoms with Crippen molar-refractivity contribution < 1.29 is 18.1 Å². The van der Waals surface area contributed by atoms with E-state index in [1.54, 1.807) is 61.5 Å². The van der Waals surface area contributed by atoms with Crippen LogP contribution in [0, 0.1) is 0 Å². The lowest BCUT2D eigenvalue weighted by atomic mass is 9.94. The summed E-state index contributed by atoms with van der Waals surface area (Å²) in [6, 6.07) is 15.2. The number of carbonyl (C=O) groups is 1. The Morgan fingerprint density at radius 3 is 2.28 bits per heavy atom. The van der Waals surface area contributed by atoms with E-state index in [0.29, 0.717) is 54.2 Å². The van der Waals surface area contributed by atoms with Crippen LogP contribution in [0.25, 0.3) is 11.5 Å². The number of rotatable bonds is 8. The molecule has 7 nitrogen and oxygen atoms in total. The predicted molar refractivity (Wildman–Crippen MR) is 152 cm³/mol. The summed E-state index contributed by atoms with van der Waals surface area (Å²) in [6.45, 7) is 1.60. The Kier molecular flexibility index (Phi) is 8.06. The number of anilines is 1. The zero-order valence-corrected chi connectivity index (χ0v) is 24.2. The first-order valence-electron chi connectivity index (χ1n) is 11.8. The molecule has 5 rings (SSSR count). The van der Waals surface area contributed by atoms with Crippen LogP contribution in [0.15, 0.2) is 59.1 Å². The van der Waals surface area contributed by atoms with Crippen molar-refractivity contribution in [3.8, 4) is 11.5 Å². The molecule has 2 atom stereocenters. The van der Waals surface area contributed by atoms with Gasteiger partial charge in [0.15, 0.2) is 5.82 Å². The van der Waals surface area contributed by atoms with E-state index in [0.717, 1.165) is 18.4 Å². The first-order valence-corrected chi connectivity index (χ1v) is 14.5. The minimum Gasteiger partial charge on any atom is -0.772 e. The lowest BCUT2D eigenvalue weighted by Crippen LogP contribution is -2.16. The van der Waals surface area contributed by atoms with Crippen LogP contribution in [0.1, 0.15) is 47.5 Å². The largest absolute Gasteiger partial charge is 0.772 e. The standard InChI is InChI=1S/C27H21Cl4N3O4S/c1-14(39(36)37)16-4-2-15(3-5-16)10-23(35)32-18-12-21(30)24(22(31)13-18)27(8-9-27)26-33-25(38-34-26)17-6-7-19(28)20(29)11-17/h2-7,11-14H,8-10H2,1H3,(H,32,35)(H,36,37)/p-1. The molecule has 1 saturated carbocycles. The Bertz CT molecular complexity index is 1570. The summed E-state index contributed by atoms with van der Waals surface area (Å²) in [5.41, 5.74) is 2.55. The van der Waals surface area contributed by atoms with Crippen molar-refractivity contribution in [2.45, 2.75) is 36.9 Å². The number of halogens is 4. The van der Waals surface area contributed by atoms with E-state index in [9.17, 15) is 13.6 Å². The molecule has 202 valence electrons. The highest BCUT2D eigenvalue weighted by atomic mass is 35.5. The number of hydrogen-bond donors (Lipinski definition) is 1. The number of nitrogens with zero attached hydrogens (tertiary/aromatic N) is 2. The van der Waals surface area contributed by atoms with E-state index in [1.807, 2.05) is 0 Å². The first kappa shape index (κ1) is 28.1. The van der Waals surface area contributed by atoms with Crippen molar-refractivity contribution in [3.05, 3.63) is 97.2 Å². The van der Waals surface area contributed by atoms with Crippen LogP contribution < -0.4 is 5.32 Å². The molecular weight excluding hydrogens is 604 g/mol. The predicted octanol–water partition coefficient (Wildman–Crippen LogP) is 7.55. The summed E-state index contributed by atoms with van der Waals surface area (Å²) in [5, 5.41) is 7.95. The van der Waals surface area contributed by atoms with Crippen molar-refractivity contribution in [1.29, 1.82) is 0 Å². The second kappa shape index (κ2) is 11.2. The van der Waals surface area contributed by atoms with Crippen molar-refractivity contribution in [1.82, 2.24) is 10.1 Å². The van der Waals surface area contributed by atoms with E-state index in [2.05, 4.69) is 15.5 Å². The van der Waals surface area contributed by atoms with Gasteiger partial charge in [0, 0.05) is 32.1 Å². The molecule has 0 aliphatic heterocycles. The molecule has 1 amide bonds. The Labute approximate surface area is 247 Å². The molecule has 0 bridgehead atoms. The van der Waals surface area contributed by atoms with Gasteiger partial charge >= 0.3 is 0 Å². The fourth-order valence-corrected chi connectivity index (χ4v) is 5.91. The van der Waals surface area contributed by atoms with Crippen molar-refractivity contribution in [2.24, 2.45) is 0 Å². The van der Waals surface area contributed by atoms with Gasteiger partial charge in [0.1, 0.15) is 0 Å². The number of hydrogen-bond acceptors (Lipinski definition) is 6. The minimum absolute atomic E-state index is 0.0937. The third kappa shape index (κ3) is 5.87. The van der Waals surface area contributed by atoms with Gasteiger partial charge in [-0.2, -0.15) is 4.98 Å². The Morgan fingerprint density at radius 2 is 1.69 bits per heavy atom. The highest BCUT2D eigenvalue weighted by Crippen LogP contribution is 2.57. The Morgan fingerprint density at radius 1 is 1.03 bits per heavy atom.